The quantitative estimate of drug-likeness (QED) is 0.0363. The summed E-state index contributed by atoms with van der Waals surface area (Å²) in [7, 11) is 9.21. The topological polar surface area (TPSA) is 250 Å². The number of rotatable bonds is 18. The van der Waals surface area contributed by atoms with E-state index in [1.165, 1.54) is 50.6 Å². The van der Waals surface area contributed by atoms with Crippen LogP contribution in [-0.2, 0) is 14.4 Å². The Labute approximate surface area is 585 Å². The van der Waals surface area contributed by atoms with Gasteiger partial charge >= 0.3 is 5.97 Å². The molecule has 0 aliphatic carbocycles. The number of ketones is 1. The van der Waals surface area contributed by atoms with E-state index in [1.54, 1.807) is 136 Å². The van der Waals surface area contributed by atoms with Crippen molar-refractivity contribution in [1.29, 1.82) is 0 Å². The Morgan fingerprint density at radius 1 is 0.525 bits per heavy atom. The normalized spacial score (nSPS) is 13.8. The second kappa shape index (κ2) is 35.3. The number of aldehydes is 1. The summed E-state index contributed by atoms with van der Waals surface area (Å²) in [5.41, 5.74) is 10.4. The van der Waals surface area contributed by atoms with Crippen molar-refractivity contribution in [2.75, 3.05) is 55.7 Å². The van der Waals surface area contributed by atoms with Crippen LogP contribution in [0.5, 0.6) is 23.0 Å². The number of carboxylic acid groups (broad SMARTS) is 1. The number of aromatic nitrogens is 8. The van der Waals surface area contributed by atoms with Crippen LogP contribution in [0.15, 0.2) is 171 Å². The number of aryl methyl sites for hydroxylation is 4. The van der Waals surface area contributed by atoms with Crippen LogP contribution < -0.4 is 18.9 Å². The maximum atomic E-state index is 13.3. The van der Waals surface area contributed by atoms with Gasteiger partial charge in [0.05, 0.1) is 124 Å². The van der Waals surface area contributed by atoms with Crippen LogP contribution in [0.3, 0.4) is 0 Å². The first-order valence-corrected chi connectivity index (χ1v) is 32.4. The number of likely N-dealkylation sites (tertiary alicyclic amines) is 2. The molecular formula is C76H83F2N11O12. The average Bonchev–Trinajstić information content (AvgIpc) is 1.75. The number of imidazole rings is 4. The minimum absolute atomic E-state index is 0.0494. The van der Waals surface area contributed by atoms with Crippen LogP contribution in [-0.4, -0.2) is 150 Å². The van der Waals surface area contributed by atoms with Gasteiger partial charge in [-0.15, -0.1) is 0 Å². The van der Waals surface area contributed by atoms with E-state index in [0.29, 0.717) is 59.1 Å². The van der Waals surface area contributed by atoms with Crippen molar-refractivity contribution in [2.45, 2.75) is 85.7 Å². The Hall–Kier alpha value is -11.6. The molecule has 2 aliphatic heterocycles. The minimum atomic E-state index is -0.975. The molecule has 0 spiro atoms. The van der Waals surface area contributed by atoms with Gasteiger partial charge in [-0.3, -0.25) is 28.8 Å². The molecule has 0 radical (unpaired) electrons. The van der Waals surface area contributed by atoms with E-state index in [9.17, 15) is 37.5 Å². The Bertz CT molecular complexity index is 4490. The van der Waals surface area contributed by atoms with Crippen molar-refractivity contribution in [1.82, 2.24) is 53.1 Å². The van der Waals surface area contributed by atoms with E-state index in [-0.39, 0.29) is 52.8 Å². The maximum absolute atomic E-state index is 13.3. The molecule has 2 saturated heterocycles. The van der Waals surface area contributed by atoms with Gasteiger partial charge in [-0.2, -0.15) is 0 Å². The van der Waals surface area contributed by atoms with Gasteiger partial charge in [0, 0.05) is 68.0 Å². The summed E-state index contributed by atoms with van der Waals surface area (Å²) < 4.78 is 54.7. The zero-order valence-corrected chi connectivity index (χ0v) is 58.5. The first-order valence-electron chi connectivity index (χ1n) is 32.4. The summed E-state index contributed by atoms with van der Waals surface area (Å²) >= 11 is 0. The lowest BCUT2D eigenvalue weighted by molar-refractivity contribution is -0.139. The number of hydrogen-bond donors (Lipinski definition) is 1. The van der Waals surface area contributed by atoms with Crippen molar-refractivity contribution in [2.24, 2.45) is 5.92 Å². The van der Waals surface area contributed by atoms with E-state index in [4.69, 9.17) is 28.9 Å². The molecule has 4 aromatic heterocycles. The Balaban J connectivity index is 0.000000166. The van der Waals surface area contributed by atoms with Gasteiger partial charge in [-0.25, -0.2) is 38.6 Å². The fourth-order valence-electron chi connectivity index (χ4n) is 11.4. The predicted molar refractivity (Wildman–Crippen MR) is 375 cm³/mol. The monoisotopic (exact) mass is 1380 g/mol. The van der Waals surface area contributed by atoms with E-state index in [1.807, 2.05) is 97.1 Å². The Kier molecular flexibility index (Phi) is 26.2. The first-order chi connectivity index (χ1) is 48.5. The lowest BCUT2D eigenvalue weighted by atomic mass is 9.87. The lowest BCUT2D eigenvalue weighted by Crippen LogP contribution is -2.45. The number of methoxy groups -OCH3 is 4. The number of nitrogens with zero attached hydrogens (tertiary/aromatic N) is 11. The molecule has 6 aromatic carbocycles. The van der Waals surface area contributed by atoms with Crippen LogP contribution in [0.25, 0.3) is 22.7 Å². The van der Waals surface area contributed by atoms with Crippen molar-refractivity contribution in [3.05, 3.63) is 239 Å². The second-order valence-electron chi connectivity index (χ2n) is 23.8. The molecule has 3 amide bonds. The number of hydrogen-bond acceptors (Lipinski definition) is 15. The van der Waals surface area contributed by atoms with Crippen molar-refractivity contribution >= 4 is 35.8 Å². The summed E-state index contributed by atoms with van der Waals surface area (Å²) in [5, 5.41) is 10.1. The molecule has 1 unspecified atom stereocenters. The molecule has 25 heteroatoms. The van der Waals surface area contributed by atoms with Gasteiger partial charge in [0.15, 0.2) is 5.78 Å². The number of aromatic carboxylic acids is 1. The van der Waals surface area contributed by atoms with Crippen LogP contribution in [0.1, 0.15) is 133 Å². The molecule has 0 bridgehead atoms. The second-order valence-corrected chi connectivity index (χ2v) is 23.8. The number of hydroxylamine groups is 2. The molecule has 2 fully saturated rings. The highest BCUT2D eigenvalue weighted by atomic mass is 19.1. The summed E-state index contributed by atoms with van der Waals surface area (Å²) in [6.07, 6.45) is 19.0. The number of ether oxygens (including phenoxy) is 4. The fourth-order valence-corrected chi connectivity index (χ4v) is 11.4. The van der Waals surface area contributed by atoms with Crippen molar-refractivity contribution in [3.8, 4) is 45.7 Å². The Morgan fingerprint density at radius 3 is 1.31 bits per heavy atom. The third-order valence-electron chi connectivity index (χ3n) is 17.0. The molecule has 23 nitrogen and oxygen atoms in total. The highest BCUT2D eigenvalue weighted by molar-refractivity contribution is 6.10. The van der Waals surface area contributed by atoms with Crippen molar-refractivity contribution < 1.29 is 66.4 Å². The van der Waals surface area contributed by atoms with E-state index in [2.05, 4.69) is 19.9 Å². The summed E-state index contributed by atoms with van der Waals surface area (Å²) in [5.74, 6) is -0.404. The predicted octanol–water partition coefficient (Wildman–Crippen LogP) is 13.1. The Morgan fingerprint density at radius 2 is 0.911 bits per heavy atom. The third kappa shape index (κ3) is 19.2. The van der Waals surface area contributed by atoms with Crippen LogP contribution in [0.4, 0.5) is 8.78 Å². The number of carbonyl (C=O) groups excluding carboxylic acids is 5. The molecule has 1 N–H and O–H groups in total. The van der Waals surface area contributed by atoms with Crippen LogP contribution in [0.2, 0.25) is 0 Å². The molecule has 10 aromatic rings. The average molecular weight is 1380 g/mol. The number of carboxylic acids is 1. The molecule has 2 aliphatic rings. The number of carbonyl (C=O) groups is 6. The number of piperidine rings is 2. The summed E-state index contributed by atoms with van der Waals surface area (Å²) in [4.78, 5) is 97.0. The van der Waals surface area contributed by atoms with Gasteiger partial charge in [0.25, 0.3) is 5.91 Å². The van der Waals surface area contributed by atoms with E-state index in [0.717, 1.165) is 93.8 Å². The number of halogens is 2. The molecule has 528 valence electrons. The van der Waals surface area contributed by atoms with Crippen LogP contribution in [0, 0.1) is 45.2 Å². The van der Waals surface area contributed by atoms with Crippen molar-refractivity contribution in [3.63, 3.8) is 0 Å². The molecule has 101 heavy (non-hydrogen) atoms. The molecule has 0 saturated carbocycles. The van der Waals surface area contributed by atoms with E-state index >= 15 is 0 Å². The van der Waals surface area contributed by atoms with Gasteiger partial charge in [0.2, 0.25) is 11.8 Å². The van der Waals surface area contributed by atoms with Gasteiger partial charge < -0.3 is 52.1 Å². The van der Waals surface area contributed by atoms with Gasteiger partial charge in [-0.05, 0) is 175 Å². The lowest BCUT2D eigenvalue weighted by Gasteiger charge is -2.36. The zero-order valence-electron chi connectivity index (χ0n) is 58.5. The number of amides is 3. The minimum Gasteiger partial charge on any atom is -0.495 e. The van der Waals surface area contributed by atoms with Gasteiger partial charge in [-0.1, -0.05) is 24.3 Å². The highest BCUT2D eigenvalue weighted by Crippen LogP contribution is 2.34. The highest BCUT2D eigenvalue weighted by Gasteiger charge is 2.37. The summed E-state index contributed by atoms with van der Waals surface area (Å²) in [6.45, 7) is 12.9. The van der Waals surface area contributed by atoms with E-state index < -0.39 is 11.9 Å². The first kappa shape index (κ1) is 75.2. The zero-order chi connectivity index (χ0) is 73.0. The smallest absolute Gasteiger partial charge is 0.335 e. The number of benzene rings is 6. The SMILES string of the molecule is COc1cc(C(=O)C2CCCN([C@@H](C)c3ccc(F)cc3)C2=O)ccc1-n1cnc(C)c1.COc1cc(C(=O)N(C)OC)ccc1-n1cnc(C)c1.COc1cc(C(=O)O)ccc1-n1cnc(C)c1.COc1cc(C=O)ccc1-n1cnc(C)c1.C[C@@H](c1ccc(F)cc1)N1CCCCC1=O. The maximum Gasteiger partial charge on any atom is 0.335 e. The standard InChI is InChI=1S/C25H26FN3O3.C14H17N3O3.C13H16FNO.C12H12N2O3.C12H12N2O2/c1-16-14-28(15-27-16)22-11-8-19(13-23(22)32-3)24(30)21-5-4-12-29(25(21)31)17(2)18-6-9-20(26)10-7-18;1-10-8-17(9-15-10)12-6-5-11(7-13(12)19-3)14(18)16(2)20-4;1-10(11-5-7-12(14)8-6-11)15-9-3-2-4-13(15)16;1-8-6-14(7-13-8)10-4-3-9(12(15)16)5-11(10)17-2;1-9-6-14(8-13-9)11-4-3-10(7-15)5-12(11)16-2/h6-11,13-15,17,21H,4-5,12H2,1-3H3;5-9H,1-4H3;5-8,10H,2-4,9H2,1H3;3-7H,1-2H3,(H,15,16);3-8H,1-2H3/t17-,21?;;10-;;/m0.0../s1. The molecule has 3 atom stereocenters. The van der Waals surface area contributed by atoms with Crippen LogP contribution >= 0.6 is 0 Å². The largest absolute Gasteiger partial charge is 0.495 e. The third-order valence-corrected chi connectivity index (χ3v) is 17.0. The molecule has 12 rings (SSSR count). The number of Topliss-reactive ketones (excluding diaryl/α,β-unsaturated/α-hetero) is 1. The summed E-state index contributed by atoms with van der Waals surface area (Å²) in [6, 6.07) is 32.8. The molecule has 6 heterocycles. The molecular weight excluding hydrogens is 1300 g/mol. The van der Waals surface area contributed by atoms with Gasteiger partial charge in [0.1, 0.15) is 46.8 Å². The fraction of sp³-hybridized carbons (Fsp3) is 0.289.